The molecule has 0 aromatic rings. The highest BCUT2D eigenvalue weighted by Crippen LogP contribution is 2.32. The molecule has 1 aliphatic heterocycles. The second kappa shape index (κ2) is 4.84. The molecule has 0 bridgehead atoms. The molecule has 88 valence electrons. The van der Waals surface area contributed by atoms with Gasteiger partial charge < -0.3 is 10.1 Å². The third kappa shape index (κ3) is 3.46. The summed E-state index contributed by atoms with van der Waals surface area (Å²) in [6, 6.07) is 0.834. The average molecular weight is 211 g/mol. The lowest BCUT2D eigenvalue weighted by atomic mass is 9.81. The molecule has 1 aliphatic carbocycles. The molecule has 2 rings (SSSR count). The predicted octanol–water partition coefficient (Wildman–Crippen LogP) is 2.72. The van der Waals surface area contributed by atoms with Crippen molar-refractivity contribution in [2.75, 3.05) is 13.2 Å². The molecule has 1 heterocycles. The van der Waals surface area contributed by atoms with Crippen molar-refractivity contribution in [3.05, 3.63) is 0 Å². The SMILES string of the molecule is CCC(C)(CNC1CC1)CC1CCCO1. The summed E-state index contributed by atoms with van der Waals surface area (Å²) in [5.74, 6) is 0. The summed E-state index contributed by atoms with van der Waals surface area (Å²) < 4.78 is 5.75. The monoisotopic (exact) mass is 211 g/mol. The van der Waals surface area contributed by atoms with Gasteiger partial charge in [0.15, 0.2) is 0 Å². The normalized spacial score (nSPS) is 30.4. The van der Waals surface area contributed by atoms with Crippen molar-refractivity contribution in [2.24, 2.45) is 5.41 Å². The highest BCUT2D eigenvalue weighted by atomic mass is 16.5. The second-order valence-corrected chi connectivity index (χ2v) is 5.66. The van der Waals surface area contributed by atoms with Crippen LogP contribution in [-0.2, 0) is 4.74 Å². The zero-order valence-corrected chi connectivity index (χ0v) is 10.2. The molecule has 0 aromatic carbocycles. The lowest BCUT2D eigenvalue weighted by Gasteiger charge is -2.31. The summed E-state index contributed by atoms with van der Waals surface area (Å²) in [7, 11) is 0. The Balaban J connectivity index is 1.76. The first-order valence-electron chi connectivity index (χ1n) is 6.57. The molecule has 2 unspecified atom stereocenters. The van der Waals surface area contributed by atoms with Crippen LogP contribution in [0.1, 0.15) is 52.4 Å². The molecule has 2 fully saturated rings. The van der Waals surface area contributed by atoms with E-state index in [1.807, 2.05) is 0 Å². The first-order chi connectivity index (χ1) is 7.22. The van der Waals surface area contributed by atoms with E-state index in [1.54, 1.807) is 0 Å². The number of ether oxygens (including phenoxy) is 1. The second-order valence-electron chi connectivity index (χ2n) is 5.66. The molecule has 0 radical (unpaired) electrons. The van der Waals surface area contributed by atoms with E-state index in [0.717, 1.165) is 12.6 Å². The molecule has 15 heavy (non-hydrogen) atoms. The minimum Gasteiger partial charge on any atom is -0.378 e. The zero-order valence-electron chi connectivity index (χ0n) is 10.2. The van der Waals surface area contributed by atoms with Gasteiger partial charge in [0.1, 0.15) is 0 Å². The Morgan fingerprint density at radius 1 is 1.33 bits per heavy atom. The molecule has 0 aromatic heterocycles. The van der Waals surface area contributed by atoms with Crippen molar-refractivity contribution in [1.29, 1.82) is 0 Å². The number of nitrogens with one attached hydrogen (secondary N) is 1. The predicted molar refractivity (Wildman–Crippen MR) is 63.0 cm³/mol. The molecule has 0 spiro atoms. The summed E-state index contributed by atoms with van der Waals surface area (Å²) in [5.41, 5.74) is 0.442. The Hall–Kier alpha value is -0.0800. The van der Waals surface area contributed by atoms with Crippen LogP contribution >= 0.6 is 0 Å². The Morgan fingerprint density at radius 3 is 2.67 bits per heavy atom. The maximum absolute atomic E-state index is 5.75. The first-order valence-corrected chi connectivity index (χ1v) is 6.57. The highest BCUT2D eigenvalue weighted by Gasteiger charge is 2.31. The minimum absolute atomic E-state index is 0.442. The zero-order chi connectivity index (χ0) is 10.7. The topological polar surface area (TPSA) is 21.3 Å². The number of rotatable bonds is 6. The Kier molecular flexibility index (Phi) is 3.68. The van der Waals surface area contributed by atoms with E-state index in [0.29, 0.717) is 11.5 Å². The summed E-state index contributed by atoms with van der Waals surface area (Å²) in [6.07, 6.45) is 8.35. The fourth-order valence-corrected chi connectivity index (χ4v) is 2.37. The van der Waals surface area contributed by atoms with Gasteiger partial charge in [-0.3, -0.25) is 0 Å². The molecule has 2 atom stereocenters. The smallest absolute Gasteiger partial charge is 0.0581 e. The van der Waals surface area contributed by atoms with Crippen LogP contribution in [0, 0.1) is 5.41 Å². The van der Waals surface area contributed by atoms with E-state index in [4.69, 9.17) is 4.74 Å². The molecule has 2 heteroatoms. The van der Waals surface area contributed by atoms with Gasteiger partial charge in [-0.2, -0.15) is 0 Å². The maximum Gasteiger partial charge on any atom is 0.0581 e. The van der Waals surface area contributed by atoms with Gasteiger partial charge >= 0.3 is 0 Å². The molecule has 1 saturated heterocycles. The van der Waals surface area contributed by atoms with E-state index >= 15 is 0 Å². The van der Waals surface area contributed by atoms with Crippen LogP contribution in [0.15, 0.2) is 0 Å². The molecule has 2 aliphatic rings. The Bertz CT molecular complexity index is 197. The van der Waals surface area contributed by atoms with Crippen LogP contribution in [0.4, 0.5) is 0 Å². The number of hydrogen-bond acceptors (Lipinski definition) is 2. The first kappa shape index (κ1) is 11.4. The van der Waals surface area contributed by atoms with Gasteiger partial charge in [-0.15, -0.1) is 0 Å². The molecular formula is C13H25NO. The van der Waals surface area contributed by atoms with Gasteiger partial charge in [0.2, 0.25) is 0 Å². The molecular weight excluding hydrogens is 186 g/mol. The van der Waals surface area contributed by atoms with Gasteiger partial charge in [0.05, 0.1) is 6.10 Å². The summed E-state index contributed by atoms with van der Waals surface area (Å²) in [6.45, 7) is 6.88. The molecule has 1 saturated carbocycles. The average Bonchev–Trinajstić information content (AvgIpc) is 2.94. The van der Waals surface area contributed by atoms with Crippen LogP contribution in [0.25, 0.3) is 0 Å². The van der Waals surface area contributed by atoms with Crippen LogP contribution in [0.5, 0.6) is 0 Å². The largest absolute Gasteiger partial charge is 0.378 e. The van der Waals surface area contributed by atoms with E-state index < -0.39 is 0 Å². The summed E-state index contributed by atoms with van der Waals surface area (Å²) >= 11 is 0. The molecule has 1 N–H and O–H groups in total. The third-order valence-electron chi connectivity index (χ3n) is 3.99. The van der Waals surface area contributed by atoms with E-state index in [2.05, 4.69) is 19.2 Å². The lowest BCUT2D eigenvalue weighted by Crippen LogP contribution is -2.35. The van der Waals surface area contributed by atoms with E-state index in [1.165, 1.54) is 45.1 Å². The van der Waals surface area contributed by atoms with Crippen LogP contribution in [0.3, 0.4) is 0 Å². The van der Waals surface area contributed by atoms with E-state index in [-0.39, 0.29) is 0 Å². The van der Waals surface area contributed by atoms with Crippen molar-refractivity contribution in [3.63, 3.8) is 0 Å². The van der Waals surface area contributed by atoms with Gasteiger partial charge in [-0.05, 0) is 43.9 Å². The quantitative estimate of drug-likeness (QED) is 0.729. The molecule has 0 amide bonds. The Morgan fingerprint density at radius 2 is 2.13 bits per heavy atom. The summed E-state index contributed by atoms with van der Waals surface area (Å²) in [5, 5.41) is 3.67. The fraction of sp³-hybridized carbons (Fsp3) is 1.00. The van der Waals surface area contributed by atoms with Crippen LogP contribution < -0.4 is 5.32 Å². The summed E-state index contributed by atoms with van der Waals surface area (Å²) in [4.78, 5) is 0. The van der Waals surface area contributed by atoms with Crippen molar-refractivity contribution in [1.82, 2.24) is 5.32 Å². The molecule has 2 nitrogen and oxygen atoms in total. The van der Waals surface area contributed by atoms with Crippen LogP contribution in [0.2, 0.25) is 0 Å². The maximum atomic E-state index is 5.75. The van der Waals surface area contributed by atoms with E-state index in [9.17, 15) is 0 Å². The van der Waals surface area contributed by atoms with Crippen molar-refractivity contribution >= 4 is 0 Å². The van der Waals surface area contributed by atoms with Gasteiger partial charge in [-0.25, -0.2) is 0 Å². The number of hydrogen-bond donors (Lipinski definition) is 1. The van der Waals surface area contributed by atoms with Crippen molar-refractivity contribution < 1.29 is 4.74 Å². The van der Waals surface area contributed by atoms with Gasteiger partial charge in [0, 0.05) is 19.2 Å². The van der Waals surface area contributed by atoms with Crippen LogP contribution in [-0.4, -0.2) is 25.3 Å². The standard InChI is InChI=1S/C13H25NO/c1-3-13(2,10-14-11-6-7-11)9-12-5-4-8-15-12/h11-12,14H,3-10H2,1-2H3. The van der Waals surface area contributed by atoms with Crippen molar-refractivity contribution in [2.45, 2.75) is 64.5 Å². The van der Waals surface area contributed by atoms with Crippen molar-refractivity contribution in [3.8, 4) is 0 Å². The van der Waals surface area contributed by atoms with Gasteiger partial charge in [0.25, 0.3) is 0 Å². The minimum atomic E-state index is 0.442. The highest BCUT2D eigenvalue weighted by molar-refractivity contribution is 4.87. The lowest BCUT2D eigenvalue weighted by molar-refractivity contribution is 0.0642. The fourth-order valence-electron chi connectivity index (χ4n) is 2.37. The third-order valence-corrected chi connectivity index (χ3v) is 3.99. The Labute approximate surface area is 93.8 Å². The van der Waals surface area contributed by atoms with Gasteiger partial charge in [-0.1, -0.05) is 13.8 Å².